The zero-order valence-corrected chi connectivity index (χ0v) is 19.5. The third kappa shape index (κ3) is 4.32. The summed E-state index contributed by atoms with van der Waals surface area (Å²) in [7, 11) is 1.89. The highest BCUT2D eigenvalue weighted by molar-refractivity contribution is 9.10. The first kappa shape index (κ1) is 21.4. The maximum atomic E-state index is 11.9. The molecule has 0 bridgehead atoms. The minimum atomic E-state index is -2.05. The molecule has 8 nitrogen and oxygen atoms in total. The van der Waals surface area contributed by atoms with Crippen LogP contribution in [0.3, 0.4) is 0 Å². The van der Waals surface area contributed by atoms with Crippen molar-refractivity contribution in [1.29, 1.82) is 0 Å². The SMILES string of the molecule is Cn1ncc2ccc(Nc3ncc(Br)c(Nc4ccccc4C(C)(C)S(=O)O)n3)cc21. The van der Waals surface area contributed by atoms with Gasteiger partial charge in [-0.1, -0.05) is 18.2 Å². The summed E-state index contributed by atoms with van der Waals surface area (Å²) in [6.07, 6.45) is 3.47. The van der Waals surface area contributed by atoms with Gasteiger partial charge in [0, 0.05) is 30.0 Å². The van der Waals surface area contributed by atoms with Gasteiger partial charge in [0.15, 0.2) is 11.1 Å². The minimum Gasteiger partial charge on any atom is -0.339 e. The number of nitrogens with one attached hydrogen (secondary N) is 2. The van der Waals surface area contributed by atoms with Crippen molar-refractivity contribution in [1.82, 2.24) is 19.7 Å². The van der Waals surface area contributed by atoms with Gasteiger partial charge in [-0.05, 0) is 59.6 Å². The first-order valence-corrected chi connectivity index (χ1v) is 11.3. The quantitative estimate of drug-likeness (QED) is 0.317. The zero-order valence-electron chi connectivity index (χ0n) is 17.1. The number of hydrogen-bond donors (Lipinski definition) is 3. The number of rotatable bonds is 6. The summed E-state index contributed by atoms with van der Waals surface area (Å²) >= 11 is 1.43. The molecule has 160 valence electrons. The molecule has 0 spiro atoms. The molecule has 2 heterocycles. The average molecular weight is 501 g/mol. The molecule has 4 aromatic rings. The molecule has 2 aromatic heterocycles. The van der Waals surface area contributed by atoms with Gasteiger partial charge < -0.3 is 15.2 Å². The summed E-state index contributed by atoms with van der Waals surface area (Å²) in [5.74, 6) is 0.945. The lowest BCUT2D eigenvalue weighted by Crippen LogP contribution is -2.24. The molecule has 0 saturated carbocycles. The van der Waals surface area contributed by atoms with Crippen molar-refractivity contribution in [3.05, 3.63) is 64.9 Å². The van der Waals surface area contributed by atoms with E-state index in [1.165, 1.54) is 0 Å². The average Bonchev–Trinajstić information content (AvgIpc) is 3.11. The van der Waals surface area contributed by atoms with E-state index in [1.54, 1.807) is 24.7 Å². The molecule has 10 heteroatoms. The first-order valence-electron chi connectivity index (χ1n) is 9.44. The van der Waals surface area contributed by atoms with Gasteiger partial charge in [-0.2, -0.15) is 10.1 Å². The van der Waals surface area contributed by atoms with E-state index >= 15 is 0 Å². The van der Waals surface area contributed by atoms with Crippen LogP contribution in [0.15, 0.2) is 59.3 Å². The molecule has 0 fully saturated rings. The molecule has 0 aliphatic carbocycles. The number of hydrogen-bond acceptors (Lipinski definition) is 6. The monoisotopic (exact) mass is 500 g/mol. The van der Waals surface area contributed by atoms with E-state index in [0.717, 1.165) is 16.6 Å². The predicted molar refractivity (Wildman–Crippen MR) is 127 cm³/mol. The molecular formula is C21H21BrN6O2S. The summed E-state index contributed by atoms with van der Waals surface area (Å²) in [5.41, 5.74) is 3.23. The van der Waals surface area contributed by atoms with Crippen molar-refractivity contribution < 1.29 is 8.76 Å². The number of fused-ring (bicyclic) bond motifs is 1. The van der Waals surface area contributed by atoms with Crippen molar-refractivity contribution in [3.8, 4) is 0 Å². The van der Waals surface area contributed by atoms with Gasteiger partial charge in [0.05, 0.1) is 20.9 Å². The summed E-state index contributed by atoms with van der Waals surface area (Å²) in [4.78, 5) is 8.93. The lowest BCUT2D eigenvalue weighted by atomic mass is 10.00. The van der Waals surface area contributed by atoms with Gasteiger partial charge in [0.1, 0.15) is 5.82 Å². The molecule has 2 aromatic carbocycles. The second-order valence-corrected chi connectivity index (χ2v) is 9.86. The Hall–Kier alpha value is -2.82. The molecule has 0 saturated heterocycles. The third-order valence-electron chi connectivity index (χ3n) is 5.01. The highest BCUT2D eigenvalue weighted by Gasteiger charge is 2.30. The van der Waals surface area contributed by atoms with E-state index in [1.807, 2.05) is 55.7 Å². The largest absolute Gasteiger partial charge is 0.339 e. The highest BCUT2D eigenvalue weighted by Crippen LogP contribution is 2.35. The van der Waals surface area contributed by atoms with Gasteiger partial charge >= 0.3 is 0 Å². The van der Waals surface area contributed by atoms with Crippen LogP contribution in [-0.4, -0.2) is 28.5 Å². The number of nitrogens with zero attached hydrogens (tertiary/aromatic N) is 4. The van der Waals surface area contributed by atoms with Crippen LogP contribution < -0.4 is 10.6 Å². The van der Waals surface area contributed by atoms with Crippen molar-refractivity contribution in [2.75, 3.05) is 10.6 Å². The van der Waals surface area contributed by atoms with Gasteiger partial charge in [-0.3, -0.25) is 4.68 Å². The summed E-state index contributed by atoms with van der Waals surface area (Å²) in [6.45, 7) is 3.44. The number of benzene rings is 2. The number of aryl methyl sites for hydroxylation is 1. The molecule has 0 amide bonds. The molecule has 1 unspecified atom stereocenters. The van der Waals surface area contributed by atoms with Crippen LogP contribution in [-0.2, 0) is 22.9 Å². The number of anilines is 4. The fraction of sp³-hybridized carbons (Fsp3) is 0.190. The molecule has 1 atom stereocenters. The fourth-order valence-corrected chi connectivity index (χ4v) is 3.86. The Labute approximate surface area is 190 Å². The van der Waals surface area contributed by atoms with Crippen LogP contribution in [0.4, 0.5) is 23.1 Å². The third-order valence-corrected chi connectivity index (χ3v) is 6.69. The van der Waals surface area contributed by atoms with E-state index < -0.39 is 15.8 Å². The van der Waals surface area contributed by atoms with E-state index in [9.17, 15) is 8.76 Å². The smallest absolute Gasteiger partial charge is 0.229 e. The second kappa shape index (κ2) is 8.37. The summed E-state index contributed by atoms with van der Waals surface area (Å²) in [5, 5.41) is 11.8. The topological polar surface area (TPSA) is 105 Å². The lowest BCUT2D eigenvalue weighted by molar-refractivity contribution is 0.523. The number of halogens is 1. The van der Waals surface area contributed by atoms with Gasteiger partial charge in [0.25, 0.3) is 0 Å². The fourth-order valence-electron chi connectivity index (χ4n) is 3.20. The Morgan fingerprint density at radius 1 is 1.13 bits per heavy atom. The van der Waals surface area contributed by atoms with E-state index in [4.69, 9.17) is 0 Å². The first-order chi connectivity index (χ1) is 14.8. The lowest BCUT2D eigenvalue weighted by Gasteiger charge is -2.24. The van der Waals surface area contributed by atoms with Crippen LogP contribution in [0.2, 0.25) is 0 Å². The van der Waals surface area contributed by atoms with Gasteiger partial charge in [0.2, 0.25) is 5.95 Å². The van der Waals surface area contributed by atoms with Crippen LogP contribution in [0.5, 0.6) is 0 Å². The maximum Gasteiger partial charge on any atom is 0.229 e. The summed E-state index contributed by atoms with van der Waals surface area (Å²) in [6, 6.07) is 13.3. The number of para-hydroxylation sites is 1. The molecule has 31 heavy (non-hydrogen) atoms. The molecule has 3 N–H and O–H groups in total. The highest BCUT2D eigenvalue weighted by atomic mass is 79.9. The second-order valence-electron chi connectivity index (χ2n) is 7.49. The Bertz CT molecular complexity index is 1290. The van der Waals surface area contributed by atoms with Crippen molar-refractivity contribution in [2.45, 2.75) is 18.6 Å². The number of aromatic nitrogens is 4. The standard InChI is InChI=1S/C21H21BrN6O2S/c1-21(2,31(29)30)15-6-4-5-7-17(15)26-19-16(22)12-23-20(27-19)25-14-9-8-13-11-24-28(3)18(13)10-14/h4-12H,1-3H3,(H,29,30)(H2,23,25,26,27). The van der Waals surface area contributed by atoms with Crippen molar-refractivity contribution >= 4 is 61.1 Å². The Morgan fingerprint density at radius 3 is 2.68 bits per heavy atom. The molecule has 0 aliphatic rings. The molecule has 0 aliphatic heterocycles. The normalized spacial score (nSPS) is 12.7. The molecular weight excluding hydrogens is 480 g/mol. The Balaban J connectivity index is 1.65. The van der Waals surface area contributed by atoms with Gasteiger partial charge in [-0.15, -0.1) is 0 Å². The van der Waals surface area contributed by atoms with Crippen LogP contribution >= 0.6 is 15.9 Å². The van der Waals surface area contributed by atoms with E-state index in [0.29, 0.717) is 27.5 Å². The predicted octanol–water partition coefficient (Wildman–Crippen LogP) is 5.07. The Morgan fingerprint density at radius 2 is 1.90 bits per heavy atom. The van der Waals surface area contributed by atoms with Crippen LogP contribution in [0, 0.1) is 0 Å². The van der Waals surface area contributed by atoms with Crippen LogP contribution in [0.1, 0.15) is 19.4 Å². The van der Waals surface area contributed by atoms with Crippen molar-refractivity contribution in [2.24, 2.45) is 7.05 Å². The van der Waals surface area contributed by atoms with Crippen molar-refractivity contribution in [3.63, 3.8) is 0 Å². The minimum absolute atomic E-state index is 0.412. The maximum absolute atomic E-state index is 11.9. The summed E-state index contributed by atoms with van der Waals surface area (Å²) < 4.78 is 23.2. The Kier molecular flexibility index (Phi) is 5.78. The van der Waals surface area contributed by atoms with E-state index in [2.05, 4.69) is 41.6 Å². The molecule has 4 rings (SSSR count). The van der Waals surface area contributed by atoms with Crippen LogP contribution in [0.25, 0.3) is 10.9 Å². The van der Waals surface area contributed by atoms with E-state index in [-0.39, 0.29) is 0 Å². The zero-order chi connectivity index (χ0) is 22.2. The van der Waals surface area contributed by atoms with Gasteiger partial charge in [-0.25, -0.2) is 9.19 Å². The molecule has 0 radical (unpaired) electrons.